The number of methoxy groups -OCH3 is 1. The van der Waals surface area contributed by atoms with Gasteiger partial charge >= 0.3 is 6.18 Å². The van der Waals surface area contributed by atoms with Crippen LogP contribution in [0.25, 0.3) is 0 Å². The number of alkyl halides is 4. The largest absolute Gasteiger partial charge is 0.493 e. The van der Waals surface area contributed by atoms with E-state index in [0.717, 1.165) is 5.56 Å². The Labute approximate surface area is 99.5 Å². The van der Waals surface area contributed by atoms with E-state index in [9.17, 15) is 13.2 Å². The number of benzene rings is 1. The Hall–Kier alpha value is -0.910. The minimum absolute atomic E-state index is 0.0942. The highest BCUT2D eigenvalue weighted by Gasteiger charge is 2.29. The van der Waals surface area contributed by atoms with E-state index in [1.54, 1.807) is 12.1 Å². The summed E-state index contributed by atoms with van der Waals surface area (Å²) >= 11 is 3.21. The van der Waals surface area contributed by atoms with Crippen molar-refractivity contribution in [3.8, 4) is 11.5 Å². The van der Waals surface area contributed by atoms with Crippen LogP contribution >= 0.6 is 15.9 Å². The molecule has 0 N–H and O–H groups in total. The van der Waals surface area contributed by atoms with Crippen molar-refractivity contribution >= 4 is 15.9 Å². The van der Waals surface area contributed by atoms with Crippen LogP contribution in [0.2, 0.25) is 0 Å². The van der Waals surface area contributed by atoms with Crippen molar-refractivity contribution in [2.75, 3.05) is 13.7 Å². The topological polar surface area (TPSA) is 18.5 Å². The van der Waals surface area contributed by atoms with Gasteiger partial charge in [0, 0.05) is 5.33 Å². The summed E-state index contributed by atoms with van der Waals surface area (Å²) in [5, 5.41) is 0.541. The summed E-state index contributed by atoms with van der Waals surface area (Å²) in [7, 11) is 1.38. The second-order valence-corrected chi connectivity index (χ2v) is 3.58. The molecule has 0 heterocycles. The van der Waals surface area contributed by atoms with Crippen molar-refractivity contribution in [2.24, 2.45) is 0 Å². The molecule has 0 aliphatic heterocycles. The maximum Gasteiger partial charge on any atom is 0.422 e. The van der Waals surface area contributed by atoms with Gasteiger partial charge in [-0.15, -0.1) is 0 Å². The Kier molecular flexibility index (Phi) is 4.46. The van der Waals surface area contributed by atoms with Gasteiger partial charge in [0.25, 0.3) is 0 Å². The van der Waals surface area contributed by atoms with Crippen molar-refractivity contribution in [2.45, 2.75) is 11.5 Å². The van der Waals surface area contributed by atoms with Crippen molar-refractivity contribution in [3.63, 3.8) is 0 Å². The van der Waals surface area contributed by atoms with Gasteiger partial charge in [-0.1, -0.05) is 22.0 Å². The zero-order valence-electron chi connectivity index (χ0n) is 8.47. The monoisotopic (exact) mass is 298 g/mol. The van der Waals surface area contributed by atoms with Crippen molar-refractivity contribution in [1.82, 2.24) is 0 Å². The van der Waals surface area contributed by atoms with Crippen LogP contribution in [0.3, 0.4) is 0 Å². The van der Waals surface area contributed by atoms with Crippen molar-refractivity contribution in [1.29, 1.82) is 0 Å². The summed E-state index contributed by atoms with van der Waals surface area (Å²) in [5.74, 6) is 0.380. The normalized spacial score (nSPS) is 11.3. The molecule has 0 aliphatic carbocycles. The van der Waals surface area contributed by atoms with Crippen LogP contribution in [-0.2, 0) is 5.33 Å². The third-order valence-electron chi connectivity index (χ3n) is 1.77. The fraction of sp³-hybridized carbons (Fsp3) is 0.400. The Bertz CT molecular complexity index is 352. The van der Waals surface area contributed by atoms with Crippen LogP contribution in [0.5, 0.6) is 11.5 Å². The number of ether oxygens (including phenoxy) is 2. The molecule has 1 rings (SSSR count). The van der Waals surface area contributed by atoms with E-state index >= 15 is 0 Å². The van der Waals surface area contributed by atoms with Crippen LogP contribution in [0.1, 0.15) is 5.56 Å². The second-order valence-electron chi connectivity index (χ2n) is 3.02. The first-order valence-corrected chi connectivity index (χ1v) is 5.51. The quantitative estimate of drug-likeness (QED) is 0.792. The fourth-order valence-corrected chi connectivity index (χ4v) is 1.43. The second kappa shape index (κ2) is 5.43. The molecule has 2 nitrogen and oxygen atoms in total. The van der Waals surface area contributed by atoms with Crippen LogP contribution in [0.4, 0.5) is 13.2 Å². The van der Waals surface area contributed by atoms with Gasteiger partial charge in [0.1, 0.15) is 0 Å². The van der Waals surface area contributed by atoms with Crippen LogP contribution in [0.15, 0.2) is 18.2 Å². The number of hydrogen-bond acceptors (Lipinski definition) is 2. The van der Waals surface area contributed by atoms with Crippen molar-refractivity contribution in [3.05, 3.63) is 23.8 Å². The van der Waals surface area contributed by atoms with Crippen LogP contribution in [0, 0.1) is 0 Å². The number of halogens is 4. The summed E-state index contributed by atoms with van der Waals surface area (Å²) in [4.78, 5) is 0. The predicted octanol–water partition coefficient (Wildman–Crippen LogP) is 3.53. The highest BCUT2D eigenvalue weighted by molar-refractivity contribution is 9.08. The van der Waals surface area contributed by atoms with Gasteiger partial charge in [0.05, 0.1) is 7.11 Å². The molecule has 6 heteroatoms. The molecule has 0 atom stereocenters. The Balaban J connectivity index is 2.83. The zero-order chi connectivity index (χ0) is 12.2. The van der Waals surface area contributed by atoms with Crippen LogP contribution < -0.4 is 9.47 Å². The van der Waals surface area contributed by atoms with E-state index in [0.29, 0.717) is 5.33 Å². The van der Waals surface area contributed by atoms with E-state index in [1.165, 1.54) is 13.2 Å². The first-order chi connectivity index (χ1) is 7.46. The molecule has 0 saturated carbocycles. The molecule has 90 valence electrons. The average molecular weight is 299 g/mol. The van der Waals surface area contributed by atoms with Gasteiger partial charge in [0.15, 0.2) is 18.1 Å². The minimum Gasteiger partial charge on any atom is -0.493 e. The van der Waals surface area contributed by atoms with Gasteiger partial charge in [-0.2, -0.15) is 13.2 Å². The molecule has 0 spiro atoms. The van der Waals surface area contributed by atoms with Crippen LogP contribution in [-0.4, -0.2) is 19.9 Å². The summed E-state index contributed by atoms with van der Waals surface area (Å²) in [6.07, 6.45) is -4.35. The molecule has 0 aromatic heterocycles. The van der Waals surface area contributed by atoms with E-state index < -0.39 is 12.8 Å². The number of hydrogen-bond donors (Lipinski definition) is 0. The smallest absolute Gasteiger partial charge is 0.422 e. The molecule has 1 aromatic rings. The van der Waals surface area contributed by atoms with E-state index in [4.69, 9.17) is 4.74 Å². The molecular weight excluding hydrogens is 289 g/mol. The lowest BCUT2D eigenvalue weighted by atomic mass is 10.2. The maximum absolute atomic E-state index is 12.0. The summed E-state index contributed by atoms with van der Waals surface area (Å²) < 4.78 is 45.5. The first-order valence-electron chi connectivity index (χ1n) is 4.38. The average Bonchev–Trinajstić information content (AvgIpc) is 2.25. The SMILES string of the molecule is COc1ccc(CBr)cc1OCC(F)(F)F. The van der Waals surface area contributed by atoms with Gasteiger partial charge in [-0.05, 0) is 17.7 Å². The predicted molar refractivity (Wildman–Crippen MR) is 57.2 cm³/mol. The molecule has 0 saturated heterocycles. The molecule has 0 amide bonds. The molecule has 0 radical (unpaired) electrons. The molecule has 1 aromatic carbocycles. The summed E-state index contributed by atoms with van der Waals surface area (Å²) in [5.41, 5.74) is 0.818. The molecule has 0 unspecified atom stereocenters. The standard InChI is InChI=1S/C10H10BrF3O2/c1-15-8-3-2-7(5-11)4-9(8)16-6-10(12,13)14/h2-4H,5-6H2,1H3. The van der Waals surface area contributed by atoms with Gasteiger partial charge in [0.2, 0.25) is 0 Å². The first kappa shape index (κ1) is 13.2. The lowest BCUT2D eigenvalue weighted by Crippen LogP contribution is -2.19. The zero-order valence-corrected chi connectivity index (χ0v) is 10.1. The molecule has 16 heavy (non-hydrogen) atoms. The van der Waals surface area contributed by atoms with Gasteiger partial charge in [-0.25, -0.2) is 0 Å². The molecular formula is C10H10BrF3O2. The highest BCUT2D eigenvalue weighted by Crippen LogP contribution is 2.30. The Morgan fingerprint density at radius 1 is 1.25 bits per heavy atom. The van der Waals surface area contributed by atoms with Gasteiger partial charge in [-0.3, -0.25) is 0 Å². The third-order valence-corrected chi connectivity index (χ3v) is 2.42. The van der Waals surface area contributed by atoms with E-state index in [1.807, 2.05) is 0 Å². The summed E-state index contributed by atoms with van der Waals surface area (Å²) in [6, 6.07) is 4.83. The minimum atomic E-state index is -4.35. The fourth-order valence-electron chi connectivity index (χ4n) is 1.08. The van der Waals surface area contributed by atoms with Crippen molar-refractivity contribution < 1.29 is 22.6 Å². The van der Waals surface area contributed by atoms with E-state index in [2.05, 4.69) is 20.7 Å². The lowest BCUT2D eigenvalue weighted by molar-refractivity contribution is -0.153. The Morgan fingerprint density at radius 3 is 2.44 bits per heavy atom. The third kappa shape index (κ3) is 3.92. The highest BCUT2D eigenvalue weighted by atomic mass is 79.9. The van der Waals surface area contributed by atoms with Gasteiger partial charge < -0.3 is 9.47 Å². The van der Waals surface area contributed by atoms with E-state index in [-0.39, 0.29) is 11.5 Å². The molecule has 0 fully saturated rings. The number of rotatable bonds is 4. The summed E-state index contributed by atoms with van der Waals surface area (Å²) in [6.45, 7) is -1.32. The Morgan fingerprint density at radius 2 is 1.94 bits per heavy atom. The maximum atomic E-state index is 12.0. The molecule has 0 aliphatic rings. The molecule has 0 bridgehead atoms. The lowest BCUT2D eigenvalue weighted by Gasteiger charge is -2.13.